The maximum atomic E-state index is 12.8. The molecule has 5 nitrogen and oxygen atoms in total. The van der Waals surface area contributed by atoms with Crippen molar-refractivity contribution in [3.63, 3.8) is 0 Å². The Morgan fingerprint density at radius 1 is 1.04 bits per heavy atom. The molecule has 2 aliphatic rings. The van der Waals surface area contributed by atoms with Crippen molar-refractivity contribution in [1.29, 1.82) is 0 Å². The second-order valence-corrected chi connectivity index (χ2v) is 8.56. The van der Waals surface area contributed by atoms with Crippen LogP contribution >= 0.6 is 0 Å². The normalized spacial score (nSPS) is 26.5. The van der Waals surface area contributed by atoms with Gasteiger partial charge in [-0.1, -0.05) is 20.3 Å². The lowest BCUT2D eigenvalue weighted by Gasteiger charge is -2.43. The summed E-state index contributed by atoms with van der Waals surface area (Å²) in [6.07, 6.45) is 7.28. The van der Waals surface area contributed by atoms with Crippen molar-refractivity contribution in [1.82, 2.24) is 4.90 Å². The zero-order valence-electron chi connectivity index (χ0n) is 17.3. The van der Waals surface area contributed by atoms with Gasteiger partial charge in [-0.15, -0.1) is 0 Å². The molecule has 0 spiro atoms. The highest BCUT2D eigenvalue weighted by Gasteiger charge is 2.40. The number of nitrogens with two attached hydrogens (primary N) is 1. The van der Waals surface area contributed by atoms with Crippen LogP contribution < -0.4 is 11.1 Å². The van der Waals surface area contributed by atoms with Crippen molar-refractivity contribution < 1.29 is 9.59 Å². The van der Waals surface area contributed by atoms with Crippen LogP contribution in [0.1, 0.15) is 69.2 Å². The minimum atomic E-state index is 0.0565. The van der Waals surface area contributed by atoms with E-state index in [-0.39, 0.29) is 23.8 Å². The molecule has 154 valence electrons. The second kappa shape index (κ2) is 9.55. The van der Waals surface area contributed by atoms with Gasteiger partial charge in [-0.3, -0.25) is 9.59 Å². The highest BCUT2D eigenvalue weighted by Crippen LogP contribution is 2.42. The average molecular weight is 386 g/mol. The van der Waals surface area contributed by atoms with Gasteiger partial charge in [0.15, 0.2) is 0 Å². The summed E-state index contributed by atoms with van der Waals surface area (Å²) in [5.41, 5.74) is 7.79. The number of nitrogens with zero attached hydrogens (tertiary/aromatic N) is 1. The van der Waals surface area contributed by atoms with Crippen LogP contribution in [0.2, 0.25) is 0 Å². The van der Waals surface area contributed by atoms with E-state index in [1.165, 1.54) is 6.42 Å². The molecule has 28 heavy (non-hydrogen) atoms. The second-order valence-electron chi connectivity index (χ2n) is 8.56. The quantitative estimate of drug-likeness (QED) is 0.744. The topological polar surface area (TPSA) is 75.4 Å². The largest absolute Gasteiger partial charge is 0.339 e. The van der Waals surface area contributed by atoms with E-state index < -0.39 is 0 Å². The molecule has 2 unspecified atom stereocenters. The number of amides is 2. The van der Waals surface area contributed by atoms with Crippen molar-refractivity contribution in [3.8, 4) is 0 Å². The Balaban J connectivity index is 1.59. The number of carbonyl (C=O) groups excluding carboxylic acids is 2. The molecule has 3 rings (SSSR count). The zero-order valence-corrected chi connectivity index (χ0v) is 17.3. The summed E-state index contributed by atoms with van der Waals surface area (Å²) in [5, 5.41) is 3.06. The third kappa shape index (κ3) is 4.75. The predicted octanol–water partition coefficient (Wildman–Crippen LogP) is 4.04. The highest BCUT2D eigenvalue weighted by molar-refractivity contribution is 5.96. The highest BCUT2D eigenvalue weighted by atomic mass is 16.2. The van der Waals surface area contributed by atoms with Crippen molar-refractivity contribution >= 4 is 17.5 Å². The molecule has 0 saturated heterocycles. The Kier molecular flexibility index (Phi) is 7.11. The molecule has 2 bridgehead atoms. The Hall–Kier alpha value is -1.88. The summed E-state index contributed by atoms with van der Waals surface area (Å²) in [7, 11) is 0. The summed E-state index contributed by atoms with van der Waals surface area (Å²) in [4.78, 5) is 27.4. The molecule has 0 aliphatic heterocycles. The van der Waals surface area contributed by atoms with Gasteiger partial charge in [-0.05, 0) is 74.6 Å². The summed E-state index contributed by atoms with van der Waals surface area (Å²) >= 11 is 0. The van der Waals surface area contributed by atoms with Gasteiger partial charge >= 0.3 is 0 Å². The Morgan fingerprint density at radius 2 is 1.61 bits per heavy atom. The minimum Gasteiger partial charge on any atom is -0.339 e. The molecular weight excluding hydrogens is 350 g/mol. The fourth-order valence-electron chi connectivity index (χ4n) is 4.98. The zero-order chi connectivity index (χ0) is 20.1. The first-order valence-corrected chi connectivity index (χ1v) is 11.0. The smallest absolute Gasteiger partial charge is 0.253 e. The fraction of sp³-hybridized carbons (Fsp3) is 0.652. The molecule has 1 aromatic carbocycles. The van der Waals surface area contributed by atoms with Crippen LogP contribution in [0.3, 0.4) is 0 Å². The minimum absolute atomic E-state index is 0.0565. The SMILES string of the molecule is CCCN(CCC)C(=O)c1ccc(NC(=O)C2CC3CCCC(C2)C3N)cc1. The number of fused-ring (bicyclic) bond motifs is 2. The lowest BCUT2D eigenvalue weighted by Crippen LogP contribution is -2.48. The summed E-state index contributed by atoms with van der Waals surface area (Å²) in [5.74, 6) is 1.20. The van der Waals surface area contributed by atoms with Crippen LogP contribution in [-0.2, 0) is 4.79 Å². The van der Waals surface area contributed by atoms with Crippen LogP contribution in [0.25, 0.3) is 0 Å². The van der Waals surface area contributed by atoms with Crippen LogP contribution in [0.15, 0.2) is 24.3 Å². The van der Waals surface area contributed by atoms with Gasteiger partial charge < -0.3 is 16.0 Å². The van der Waals surface area contributed by atoms with E-state index in [4.69, 9.17) is 5.73 Å². The first kappa shape index (κ1) is 20.8. The number of hydrogen-bond acceptors (Lipinski definition) is 3. The van der Waals surface area contributed by atoms with Crippen LogP contribution in [0, 0.1) is 17.8 Å². The third-order valence-electron chi connectivity index (χ3n) is 6.46. The number of nitrogens with one attached hydrogen (secondary N) is 1. The van der Waals surface area contributed by atoms with E-state index in [2.05, 4.69) is 19.2 Å². The van der Waals surface area contributed by atoms with E-state index in [9.17, 15) is 9.59 Å². The predicted molar refractivity (Wildman–Crippen MR) is 113 cm³/mol. The van der Waals surface area contributed by atoms with Gasteiger partial charge in [0.1, 0.15) is 0 Å². The molecule has 5 heteroatoms. The molecule has 0 radical (unpaired) electrons. The molecule has 0 aromatic heterocycles. The first-order valence-electron chi connectivity index (χ1n) is 11.0. The van der Waals surface area contributed by atoms with E-state index in [1.54, 1.807) is 0 Å². The number of anilines is 1. The maximum Gasteiger partial charge on any atom is 0.253 e. The maximum absolute atomic E-state index is 12.8. The van der Waals surface area contributed by atoms with E-state index in [0.29, 0.717) is 17.4 Å². The third-order valence-corrected chi connectivity index (χ3v) is 6.46. The van der Waals surface area contributed by atoms with Gasteiger partial charge in [0.25, 0.3) is 5.91 Å². The van der Waals surface area contributed by atoms with Gasteiger partial charge in [-0.25, -0.2) is 0 Å². The Labute approximate surface area is 169 Å². The summed E-state index contributed by atoms with van der Waals surface area (Å²) in [6, 6.07) is 7.61. The van der Waals surface area contributed by atoms with Crippen molar-refractivity contribution in [2.24, 2.45) is 23.5 Å². The standard InChI is InChI=1S/C23H35N3O2/c1-3-12-26(13-4-2)23(28)16-8-10-20(11-9-16)25-22(27)19-14-17-6-5-7-18(15-19)21(17)24/h8-11,17-19,21H,3-7,12-15,24H2,1-2H3,(H,25,27). The number of benzene rings is 1. The summed E-state index contributed by atoms with van der Waals surface area (Å²) in [6.45, 7) is 5.72. The Morgan fingerprint density at radius 3 is 2.14 bits per heavy atom. The Bertz CT molecular complexity index is 653. The molecule has 2 atom stereocenters. The van der Waals surface area contributed by atoms with Crippen molar-refractivity contribution in [2.45, 2.75) is 64.8 Å². The van der Waals surface area contributed by atoms with E-state index in [0.717, 1.165) is 57.3 Å². The fourth-order valence-corrected chi connectivity index (χ4v) is 4.98. The van der Waals surface area contributed by atoms with Crippen LogP contribution in [0.5, 0.6) is 0 Å². The molecular formula is C23H35N3O2. The number of hydrogen-bond donors (Lipinski definition) is 2. The van der Waals surface area contributed by atoms with Gasteiger partial charge in [0.2, 0.25) is 5.91 Å². The van der Waals surface area contributed by atoms with Crippen molar-refractivity contribution in [3.05, 3.63) is 29.8 Å². The van der Waals surface area contributed by atoms with Gasteiger partial charge in [-0.2, -0.15) is 0 Å². The van der Waals surface area contributed by atoms with Crippen LogP contribution in [-0.4, -0.2) is 35.8 Å². The lowest BCUT2D eigenvalue weighted by molar-refractivity contribution is -0.122. The number of rotatable bonds is 7. The molecule has 3 N–H and O–H groups in total. The molecule has 2 amide bonds. The van der Waals surface area contributed by atoms with Crippen molar-refractivity contribution in [2.75, 3.05) is 18.4 Å². The molecule has 2 fully saturated rings. The monoisotopic (exact) mass is 385 g/mol. The van der Waals surface area contributed by atoms with Crippen LogP contribution in [0.4, 0.5) is 5.69 Å². The lowest BCUT2D eigenvalue weighted by atomic mass is 9.65. The van der Waals surface area contributed by atoms with E-state index >= 15 is 0 Å². The number of carbonyl (C=O) groups is 2. The van der Waals surface area contributed by atoms with Gasteiger partial charge in [0.05, 0.1) is 0 Å². The van der Waals surface area contributed by atoms with Gasteiger partial charge in [0, 0.05) is 36.3 Å². The molecule has 1 aromatic rings. The molecule has 2 saturated carbocycles. The summed E-state index contributed by atoms with van der Waals surface area (Å²) < 4.78 is 0. The first-order chi connectivity index (χ1) is 13.5. The van der Waals surface area contributed by atoms with E-state index in [1.807, 2.05) is 29.2 Å². The molecule has 0 heterocycles. The molecule has 2 aliphatic carbocycles. The average Bonchev–Trinajstić information content (AvgIpc) is 2.67.